The van der Waals surface area contributed by atoms with Crippen LogP contribution < -0.4 is 5.32 Å². The van der Waals surface area contributed by atoms with Crippen molar-refractivity contribution >= 4 is 11.6 Å². The Bertz CT molecular complexity index is 318. The fourth-order valence-corrected chi connectivity index (χ4v) is 1.22. The number of benzene rings is 1. The molecule has 78 valence electrons. The van der Waals surface area contributed by atoms with Gasteiger partial charge in [-0.1, -0.05) is 11.6 Å². The molecule has 14 heavy (non-hydrogen) atoms. The van der Waals surface area contributed by atoms with Crippen molar-refractivity contribution in [3.05, 3.63) is 34.6 Å². The zero-order chi connectivity index (χ0) is 10.8. The van der Waals surface area contributed by atoms with Crippen LogP contribution in [0.2, 0.25) is 5.02 Å². The van der Waals surface area contributed by atoms with E-state index in [9.17, 15) is 4.39 Å². The SMILES string of the molecule is CC(C)(C)NCc1cc(F)ccc1Cl. The van der Waals surface area contributed by atoms with E-state index in [0.717, 1.165) is 5.56 Å². The molecule has 1 aromatic rings. The third-order valence-electron chi connectivity index (χ3n) is 1.82. The lowest BCUT2D eigenvalue weighted by Crippen LogP contribution is -2.35. The van der Waals surface area contributed by atoms with Gasteiger partial charge in [-0.05, 0) is 44.5 Å². The van der Waals surface area contributed by atoms with Crippen LogP contribution in [0.5, 0.6) is 0 Å². The van der Waals surface area contributed by atoms with Gasteiger partial charge in [0.15, 0.2) is 0 Å². The molecule has 0 aromatic heterocycles. The Morgan fingerprint density at radius 1 is 1.36 bits per heavy atom. The standard InChI is InChI=1S/C11H15ClFN/c1-11(2,3)14-7-8-6-9(13)4-5-10(8)12/h4-6,14H,7H2,1-3H3. The molecule has 3 heteroatoms. The molecule has 1 rings (SSSR count). The van der Waals surface area contributed by atoms with Crippen molar-refractivity contribution in [2.75, 3.05) is 0 Å². The van der Waals surface area contributed by atoms with Gasteiger partial charge < -0.3 is 5.32 Å². The summed E-state index contributed by atoms with van der Waals surface area (Å²) in [7, 11) is 0. The van der Waals surface area contributed by atoms with E-state index in [1.807, 2.05) is 0 Å². The van der Waals surface area contributed by atoms with E-state index in [1.165, 1.54) is 12.1 Å². The predicted octanol–water partition coefficient (Wildman–Crippen LogP) is 3.37. The Hall–Kier alpha value is -0.600. The number of hydrogen-bond donors (Lipinski definition) is 1. The maximum Gasteiger partial charge on any atom is 0.123 e. The van der Waals surface area contributed by atoms with Gasteiger partial charge in [-0.3, -0.25) is 0 Å². The maximum absolute atomic E-state index is 12.9. The number of halogens is 2. The van der Waals surface area contributed by atoms with Crippen LogP contribution in [0.15, 0.2) is 18.2 Å². The van der Waals surface area contributed by atoms with Gasteiger partial charge in [0.05, 0.1) is 0 Å². The van der Waals surface area contributed by atoms with Gasteiger partial charge in [-0.15, -0.1) is 0 Å². The lowest BCUT2D eigenvalue weighted by molar-refractivity contribution is 0.423. The highest BCUT2D eigenvalue weighted by molar-refractivity contribution is 6.31. The molecule has 1 aromatic carbocycles. The molecular weight excluding hydrogens is 201 g/mol. The fraction of sp³-hybridized carbons (Fsp3) is 0.455. The number of nitrogens with one attached hydrogen (secondary N) is 1. The second-order valence-electron chi connectivity index (χ2n) is 4.34. The highest BCUT2D eigenvalue weighted by Gasteiger charge is 2.10. The van der Waals surface area contributed by atoms with Crippen LogP contribution in [0.4, 0.5) is 4.39 Å². The van der Waals surface area contributed by atoms with Gasteiger partial charge in [0.1, 0.15) is 5.82 Å². The van der Waals surface area contributed by atoms with Crippen LogP contribution in [-0.2, 0) is 6.54 Å². The summed E-state index contributed by atoms with van der Waals surface area (Å²) in [6, 6.07) is 4.40. The molecule has 0 spiro atoms. The maximum atomic E-state index is 12.9. The first-order valence-corrected chi connectivity index (χ1v) is 4.95. The summed E-state index contributed by atoms with van der Waals surface area (Å²) in [6.45, 7) is 6.75. The second kappa shape index (κ2) is 4.28. The van der Waals surface area contributed by atoms with Crippen LogP contribution >= 0.6 is 11.6 Å². The minimum atomic E-state index is -0.250. The summed E-state index contributed by atoms with van der Waals surface area (Å²) in [6.07, 6.45) is 0. The third-order valence-corrected chi connectivity index (χ3v) is 2.19. The highest BCUT2D eigenvalue weighted by atomic mass is 35.5. The summed E-state index contributed by atoms with van der Waals surface area (Å²) in [5.74, 6) is -0.250. The Balaban J connectivity index is 2.72. The Labute approximate surface area is 89.3 Å². The molecule has 0 bridgehead atoms. The molecule has 0 aliphatic rings. The van der Waals surface area contributed by atoms with E-state index >= 15 is 0 Å². The number of hydrogen-bond acceptors (Lipinski definition) is 1. The van der Waals surface area contributed by atoms with Crippen LogP contribution in [0, 0.1) is 5.82 Å². The van der Waals surface area contributed by atoms with Gasteiger partial charge in [0.25, 0.3) is 0 Å². The van der Waals surface area contributed by atoms with E-state index < -0.39 is 0 Å². The lowest BCUT2D eigenvalue weighted by atomic mass is 10.1. The molecule has 0 unspecified atom stereocenters. The minimum absolute atomic E-state index is 0.00957. The highest BCUT2D eigenvalue weighted by Crippen LogP contribution is 2.17. The van der Waals surface area contributed by atoms with Gasteiger partial charge in [0.2, 0.25) is 0 Å². The van der Waals surface area contributed by atoms with Crippen LogP contribution in [-0.4, -0.2) is 5.54 Å². The number of rotatable bonds is 2. The van der Waals surface area contributed by atoms with E-state index in [4.69, 9.17) is 11.6 Å². The van der Waals surface area contributed by atoms with Crippen LogP contribution in [0.3, 0.4) is 0 Å². The van der Waals surface area contributed by atoms with Crippen molar-refractivity contribution in [2.45, 2.75) is 32.9 Å². The van der Waals surface area contributed by atoms with Gasteiger partial charge in [-0.2, -0.15) is 0 Å². The normalized spacial score (nSPS) is 11.8. The average molecular weight is 216 g/mol. The van der Waals surface area contributed by atoms with E-state index in [0.29, 0.717) is 11.6 Å². The topological polar surface area (TPSA) is 12.0 Å². The summed E-state index contributed by atoms with van der Waals surface area (Å²) in [4.78, 5) is 0. The van der Waals surface area contributed by atoms with Crippen molar-refractivity contribution in [2.24, 2.45) is 0 Å². The smallest absolute Gasteiger partial charge is 0.123 e. The molecule has 0 radical (unpaired) electrons. The summed E-state index contributed by atoms with van der Waals surface area (Å²) >= 11 is 5.92. The van der Waals surface area contributed by atoms with Crippen molar-refractivity contribution < 1.29 is 4.39 Å². The summed E-state index contributed by atoms with van der Waals surface area (Å²) < 4.78 is 12.9. The molecule has 0 fully saturated rings. The van der Waals surface area contributed by atoms with Crippen molar-refractivity contribution in [3.63, 3.8) is 0 Å². The fourth-order valence-electron chi connectivity index (χ4n) is 1.04. The summed E-state index contributed by atoms with van der Waals surface area (Å²) in [5, 5.41) is 3.86. The predicted molar refractivity (Wildman–Crippen MR) is 58.0 cm³/mol. The Morgan fingerprint density at radius 3 is 2.57 bits per heavy atom. The van der Waals surface area contributed by atoms with Crippen molar-refractivity contribution in [1.82, 2.24) is 5.32 Å². The van der Waals surface area contributed by atoms with E-state index in [-0.39, 0.29) is 11.4 Å². The quantitative estimate of drug-likeness (QED) is 0.798. The second-order valence-corrected chi connectivity index (χ2v) is 4.75. The molecule has 1 nitrogen and oxygen atoms in total. The third kappa shape index (κ3) is 3.64. The van der Waals surface area contributed by atoms with Gasteiger partial charge in [-0.25, -0.2) is 4.39 Å². The zero-order valence-corrected chi connectivity index (χ0v) is 9.45. The van der Waals surface area contributed by atoms with Crippen molar-refractivity contribution in [1.29, 1.82) is 0 Å². The molecule has 1 N–H and O–H groups in total. The van der Waals surface area contributed by atoms with Crippen LogP contribution in [0.1, 0.15) is 26.3 Å². The molecule has 0 aliphatic heterocycles. The molecule has 0 heterocycles. The van der Waals surface area contributed by atoms with Crippen molar-refractivity contribution in [3.8, 4) is 0 Å². The van der Waals surface area contributed by atoms with Crippen LogP contribution in [0.25, 0.3) is 0 Å². The molecule has 0 saturated heterocycles. The first kappa shape index (κ1) is 11.5. The summed E-state index contributed by atoms with van der Waals surface area (Å²) in [5.41, 5.74) is 0.803. The monoisotopic (exact) mass is 215 g/mol. The Morgan fingerprint density at radius 2 is 2.00 bits per heavy atom. The van der Waals surface area contributed by atoms with Gasteiger partial charge >= 0.3 is 0 Å². The molecule has 0 saturated carbocycles. The average Bonchev–Trinajstić information content (AvgIpc) is 2.05. The largest absolute Gasteiger partial charge is 0.308 e. The van der Waals surface area contributed by atoms with E-state index in [1.54, 1.807) is 6.07 Å². The zero-order valence-electron chi connectivity index (χ0n) is 8.70. The minimum Gasteiger partial charge on any atom is -0.308 e. The van der Waals surface area contributed by atoms with E-state index in [2.05, 4.69) is 26.1 Å². The van der Waals surface area contributed by atoms with Gasteiger partial charge in [0, 0.05) is 17.1 Å². The Kier molecular flexibility index (Phi) is 3.51. The molecule has 0 aliphatic carbocycles. The first-order chi connectivity index (χ1) is 6.38. The first-order valence-electron chi connectivity index (χ1n) is 4.57. The molecule has 0 atom stereocenters. The lowest BCUT2D eigenvalue weighted by Gasteiger charge is -2.20. The molecule has 0 amide bonds. The molecular formula is C11H15ClFN.